The first-order valence-corrected chi connectivity index (χ1v) is 5.53. The molecular weight excluding hydrogens is 216 g/mol. The van der Waals surface area contributed by atoms with Gasteiger partial charge in [0.25, 0.3) is 0 Å². The van der Waals surface area contributed by atoms with E-state index in [4.69, 9.17) is 9.15 Å². The van der Waals surface area contributed by atoms with Gasteiger partial charge in [0.2, 0.25) is 0 Å². The molecule has 3 nitrogen and oxygen atoms in total. The number of aryl methyl sites for hydroxylation is 1. The summed E-state index contributed by atoms with van der Waals surface area (Å²) >= 11 is 0. The van der Waals surface area contributed by atoms with Gasteiger partial charge in [-0.05, 0) is 44.2 Å². The standard InChI is InChI=1S/C14H14O3/c1-3-16-13-7-5-11(9-15)8-12(13)14-6-4-10(2)17-14/h4-9H,3H2,1-2H3. The molecule has 1 aromatic heterocycles. The van der Waals surface area contributed by atoms with Crippen molar-refractivity contribution in [2.75, 3.05) is 6.61 Å². The lowest BCUT2D eigenvalue weighted by atomic mass is 10.1. The highest BCUT2D eigenvalue weighted by atomic mass is 16.5. The predicted octanol–water partition coefficient (Wildman–Crippen LogP) is 3.47. The maximum absolute atomic E-state index is 10.8. The number of benzene rings is 1. The van der Waals surface area contributed by atoms with Gasteiger partial charge in [0, 0.05) is 5.56 Å². The van der Waals surface area contributed by atoms with Crippen LogP contribution in [0.1, 0.15) is 23.0 Å². The van der Waals surface area contributed by atoms with Crippen molar-refractivity contribution in [3.05, 3.63) is 41.7 Å². The van der Waals surface area contributed by atoms with Crippen LogP contribution in [0.2, 0.25) is 0 Å². The topological polar surface area (TPSA) is 39.4 Å². The first kappa shape index (κ1) is 11.5. The molecule has 1 heterocycles. The molecule has 17 heavy (non-hydrogen) atoms. The van der Waals surface area contributed by atoms with Crippen molar-refractivity contribution < 1.29 is 13.9 Å². The smallest absolute Gasteiger partial charge is 0.150 e. The monoisotopic (exact) mass is 230 g/mol. The van der Waals surface area contributed by atoms with E-state index in [1.54, 1.807) is 18.2 Å². The molecule has 0 saturated carbocycles. The fourth-order valence-corrected chi connectivity index (χ4v) is 1.67. The van der Waals surface area contributed by atoms with Crippen molar-refractivity contribution >= 4 is 6.29 Å². The Morgan fingerprint density at radius 2 is 2.12 bits per heavy atom. The fraction of sp³-hybridized carbons (Fsp3) is 0.214. The van der Waals surface area contributed by atoms with E-state index < -0.39 is 0 Å². The van der Waals surface area contributed by atoms with Crippen LogP contribution in [0.3, 0.4) is 0 Å². The van der Waals surface area contributed by atoms with Gasteiger partial charge in [0.1, 0.15) is 23.6 Å². The molecule has 0 radical (unpaired) electrons. The number of carbonyl (C=O) groups is 1. The summed E-state index contributed by atoms with van der Waals surface area (Å²) < 4.78 is 11.1. The minimum Gasteiger partial charge on any atom is -0.493 e. The number of hydrogen-bond acceptors (Lipinski definition) is 3. The highest BCUT2D eigenvalue weighted by Crippen LogP contribution is 2.32. The molecule has 3 heteroatoms. The predicted molar refractivity (Wildman–Crippen MR) is 65.4 cm³/mol. The zero-order valence-corrected chi connectivity index (χ0v) is 9.90. The molecule has 2 rings (SSSR count). The molecule has 88 valence electrons. The van der Waals surface area contributed by atoms with Crippen LogP contribution in [0.25, 0.3) is 11.3 Å². The Balaban J connectivity index is 2.51. The highest BCUT2D eigenvalue weighted by molar-refractivity contribution is 5.80. The molecule has 0 spiro atoms. The summed E-state index contributed by atoms with van der Waals surface area (Å²) in [5.41, 5.74) is 1.42. The van der Waals surface area contributed by atoms with Gasteiger partial charge < -0.3 is 9.15 Å². The minimum atomic E-state index is 0.577. The number of carbonyl (C=O) groups excluding carboxylic acids is 1. The minimum absolute atomic E-state index is 0.577. The zero-order chi connectivity index (χ0) is 12.3. The average Bonchev–Trinajstić information content (AvgIpc) is 2.77. The lowest BCUT2D eigenvalue weighted by molar-refractivity contribution is 0.112. The Kier molecular flexibility index (Phi) is 3.28. The Morgan fingerprint density at radius 3 is 2.71 bits per heavy atom. The second kappa shape index (κ2) is 4.87. The van der Waals surface area contributed by atoms with Crippen LogP contribution in [0.4, 0.5) is 0 Å². The first-order valence-electron chi connectivity index (χ1n) is 5.53. The number of furan rings is 1. The fourth-order valence-electron chi connectivity index (χ4n) is 1.67. The molecule has 0 N–H and O–H groups in total. The third-order valence-electron chi connectivity index (χ3n) is 2.45. The Bertz CT molecular complexity index is 526. The van der Waals surface area contributed by atoms with Gasteiger partial charge in [-0.2, -0.15) is 0 Å². The Morgan fingerprint density at radius 1 is 1.29 bits per heavy atom. The molecule has 0 saturated heterocycles. The van der Waals surface area contributed by atoms with Crippen LogP contribution in [-0.2, 0) is 0 Å². The van der Waals surface area contributed by atoms with Gasteiger partial charge in [0.05, 0.1) is 12.2 Å². The van der Waals surface area contributed by atoms with Crippen molar-refractivity contribution in [1.29, 1.82) is 0 Å². The van der Waals surface area contributed by atoms with E-state index in [1.165, 1.54) is 0 Å². The van der Waals surface area contributed by atoms with Gasteiger partial charge in [-0.25, -0.2) is 0 Å². The third kappa shape index (κ3) is 2.38. The van der Waals surface area contributed by atoms with Crippen molar-refractivity contribution in [2.45, 2.75) is 13.8 Å². The molecule has 2 aromatic rings. The summed E-state index contributed by atoms with van der Waals surface area (Å²) in [5.74, 6) is 2.28. The zero-order valence-electron chi connectivity index (χ0n) is 9.90. The summed E-state index contributed by atoms with van der Waals surface area (Å²) in [4.78, 5) is 10.8. The summed E-state index contributed by atoms with van der Waals surface area (Å²) in [6.45, 7) is 4.38. The maximum Gasteiger partial charge on any atom is 0.150 e. The largest absolute Gasteiger partial charge is 0.493 e. The van der Waals surface area contributed by atoms with E-state index in [2.05, 4.69) is 0 Å². The lowest BCUT2D eigenvalue weighted by Crippen LogP contribution is -1.94. The summed E-state index contributed by atoms with van der Waals surface area (Å²) in [5, 5.41) is 0. The van der Waals surface area contributed by atoms with Gasteiger partial charge in [0.15, 0.2) is 0 Å². The van der Waals surface area contributed by atoms with Crippen LogP contribution in [0.15, 0.2) is 34.7 Å². The maximum atomic E-state index is 10.8. The molecule has 0 unspecified atom stereocenters. The number of hydrogen-bond donors (Lipinski definition) is 0. The Hall–Kier alpha value is -2.03. The van der Waals surface area contributed by atoms with Crippen LogP contribution in [-0.4, -0.2) is 12.9 Å². The van der Waals surface area contributed by atoms with E-state index in [-0.39, 0.29) is 0 Å². The second-order valence-electron chi connectivity index (χ2n) is 3.72. The molecule has 0 aliphatic heterocycles. The second-order valence-corrected chi connectivity index (χ2v) is 3.72. The van der Waals surface area contributed by atoms with Crippen LogP contribution in [0, 0.1) is 6.92 Å². The number of rotatable bonds is 4. The first-order chi connectivity index (χ1) is 8.24. The van der Waals surface area contributed by atoms with E-state index in [1.807, 2.05) is 26.0 Å². The van der Waals surface area contributed by atoms with Gasteiger partial charge >= 0.3 is 0 Å². The number of ether oxygens (including phenoxy) is 1. The van der Waals surface area contributed by atoms with E-state index in [0.717, 1.165) is 29.1 Å². The van der Waals surface area contributed by atoms with Crippen LogP contribution >= 0.6 is 0 Å². The van der Waals surface area contributed by atoms with Crippen molar-refractivity contribution in [3.8, 4) is 17.1 Å². The molecule has 0 atom stereocenters. The summed E-state index contributed by atoms with van der Waals surface area (Å²) in [6.07, 6.45) is 0.815. The van der Waals surface area contributed by atoms with Crippen molar-refractivity contribution in [3.63, 3.8) is 0 Å². The van der Waals surface area contributed by atoms with Crippen LogP contribution < -0.4 is 4.74 Å². The van der Waals surface area contributed by atoms with E-state index >= 15 is 0 Å². The molecule has 0 amide bonds. The van der Waals surface area contributed by atoms with E-state index in [9.17, 15) is 4.79 Å². The third-order valence-corrected chi connectivity index (χ3v) is 2.45. The highest BCUT2D eigenvalue weighted by Gasteiger charge is 2.10. The molecule has 0 bridgehead atoms. The molecule has 0 aliphatic carbocycles. The SMILES string of the molecule is CCOc1ccc(C=O)cc1-c1ccc(C)o1. The molecule has 0 aliphatic rings. The molecule has 0 fully saturated rings. The van der Waals surface area contributed by atoms with Gasteiger partial charge in [-0.15, -0.1) is 0 Å². The van der Waals surface area contributed by atoms with Gasteiger partial charge in [-0.1, -0.05) is 0 Å². The van der Waals surface area contributed by atoms with Crippen LogP contribution in [0.5, 0.6) is 5.75 Å². The van der Waals surface area contributed by atoms with Crippen molar-refractivity contribution in [1.82, 2.24) is 0 Å². The number of aldehydes is 1. The normalized spacial score (nSPS) is 10.2. The van der Waals surface area contributed by atoms with Gasteiger partial charge in [-0.3, -0.25) is 4.79 Å². The summed E-state index contributed by atoms with van der Waals surface area (Å²) in [6, 6.07) is 9.06. The molecular formula is C14H14O3. The lowest BCUT2D eigenvalue weighted by Gasteiger charge is -2.08. The quantitative estimate of drug-likeness (QED) is 0.755. The Labute approximate surface area is 100 Å². The van der Waals surface area contributed by atoms with E-state index in [0.29, 0.717) is 12.2 Å². The average molecular weight is 230 g/mol. The molecule has 1 aromatic carbocycles. The van der Waals surface area contributed by atoms with Crippen molar-refractivity contribution in [2.24, 2.45) is 0 Å². The summed E-state index contributed by atoms with van der Waals surface area (Å²) in [7, 11) is 0.